The summed E-state index contributed by atoms with van der Waals surface area (Å²) in [5.41, 5.74) is -1.60. The molecule has 0 amide bonds. The van der Waals surface area contributed by atoms with E-state index >= 15 is 0 Å². The molecular weight excluding hydrogens is 147 g/mol. The average Bonchev–Trinajstić information content (AvgIpc) is 1.62. The SMILES string of the molecule is C[C@H](C(=O)O)P(=O)(O)O. The van der Waals surface area contributed by atoms with Crippen LogP contribution in [0.1, 0.15) is 6.92 Å². The highest BCUT2D eigenvalue weighted by molar-refractivity contribution is 7.53. The van der Waals surface area contributed by atoms with E-state index in [1.807, 2.05) is 0 Å². The van der Waals surface area contributed by atoms with E-state index in [-0.39, 0.29) is 0 Å². The minimum Gasteiger partial charge on any atom is -0.481 e. The first-order valence-corrected chi connectivity index (χ1v) is 3.82. The van der Waals surface area contributed by atoms with Gasteiger partial charge in [0.1, 0.15) is 0 Å². The van der Waals surface area contributed by atoms with Crippen molar-refractivity contribution in [1.82, 2.24) is 0 Å². The van der Waals surface area contributed by atoms with Gasteiger partial charge < -0.3 is 14.9 Å². The molecule has 0 heterocycles. The molecule has 0 unspecified atom stereocenters. The van der Waals surface area contributed by atoms with Gasteiger partial charge in [-0.05, 0) is 6.92 Å². The number of hydrogen-bond acceptors (Lipinski definition) is 2. The van der Waals surface area contributed by atoms with Crippen molar-refractivity contribution < 1.29 is 24.3 Å². The van der Waals surface area contributed by atoms with Crippen LogP contribution in [-0.2, 0) is 9.36 Å². The Morgan fingerprint density at radius 3 is 1.89 bits per heavy atom. The average molecular weight is 154 g/mol. The molecule has 0 aromatic carbocycles. The van der Waals surface area contributed by atoms with Crippen molar-refractivity contribution in [2.24, 2.45) is 0 Å². The van der Waals surface area contributed by atoms with Crippen LogP contribution in [0, 0.1) is 0 Å². The summed E-state index contributed by atoms with van der Waals surface area (Å²) in [6, 6.07) is 0. The van der Waals surface area contributed by atoms with E-state index in [0.717, 1.165) is 6.92 Å². The summed E-state index contributed by atoms with van der Waals surface area (Å²) in [5, 5.41) is 8.03. The Balaban J connectivity index is 4.23. The summed E-state index contributed by atoms with van der Waals surface area (Å²) in [5.74, 6) is -1.48. The lowest BCUT2D eigenvalue weighted by Crippen LogP contribution is -2.15. The molecule has 1 atom stereocenters. The largest absolute Gasteiger partial charge is 0.481 e. The monoisotopic (exact) mass is 154 g/mol. The first kappa shape index (κ1) is 8.62. The van der Waals surface area contributed by atoms with Crippen LogP contribution in [0.25, 0.3) is 0 Å². The summed E-state index contributed by atoms with van der Waals surface area (Å²) < 4.78 is 10.1. The van der Waals surface area contributed by atoms with Crippen molar-refractivity contribution in [2.75, 3.05) is 0 Å². The predicted molar refractivity (Wildman–Crippen MR) is 29.1 cm³/mol. The predicted octanol–water partition coefficient (Wildman–Crippen LogP) is -0.363. The summed E-state index contributed by atoms with van der Waals surface area (Å²) in [4.78, 5) is 26.2. The number of carboxylic acid groups (broad SMARTS) is 1. The molecule has 0 aromatic heterocycles. The zero-order valence-corrected chi connectivity index (χ0v) is 5.58. The first-order valence-electron chi connectivity index (χ1n) is 2.13. The smallest absolute Gasteiger partial charge is 0.339 e. The van der Waals surface area contributed by atoms with E-state index in [9.17, 15) is 9.36 Å². The molecule has 0 saturated carbocycles. The molecule has 0 aliphatic carbocycles. The van der Waals surface area contributed by atoms with Crippen LogP contribution in [-0.4, -0.2) is 26.5 Å². The molecule has 0 radical (unpaired) electrons. The Kier molecular flexibility index (Phi) is 2.37. The highest BCUT2D eigenvalue weighted by Crippen LogP contribution is 2.40. The lowest BCUT2D eigenvalue weighted by Gasteiger charge is -2.06. The van der Waals surface area contributed by atoms with Crippen LogP contribution in [0.5, 0.6) is 0 Å². The van der Waals surface area contributed by atoms with Gasteiger partial charge in [-0.2, -0.15) is 0 Å². The maximum absolute atomic E-state index is 10.1. The van der Waals surface area contributed by atoms with Gasteiger partial charge in [-0.3, -0.25) is 9.36 Å². The van der Waals surface area contributed by atoms with Gasteiger partial charge >= 0.3 is 13.6 Å². The maximum atomic E-state index is 10.1. The summed E-state index contributed by atoms with van der Waals surface area (Å²) in [6.07, 6.45) is 0. The number of carboxylic acids is 1. The summed E-state index contributed by atoms with van der Waals surface area (Å²) >= 11 is 0. The van der Waals surface area contributed by atoms with Crippen molar-refractivity contribution in [3.05, 3.63) is 0 Å². The van der Waals surface area contributed by atoms with Crippen molar-refractivity contribution in [3.63, 3.8) is 0 Å². The molecular formula is C3H7O5P. The molecule has 5 nitrogen and oxygen atoms in total. The van der Waals surface area contributed by atoms with Crippen LogP contribution in [0.2, 0.25) is 0 Å². The molecule has 0 saturated heterocycles. The number of carbonyl (C=O) groups is 1. The lowest BCUT2D eigenvalue weighted by atomic mass is 10.5. The fraction of sp³-hybridized carbons (Fsp3) is 0.667. The van der Waals surface area contributed by atoms with Crippen LogP contribution >= 0.6 is 7.60 Å². The Morgan fingerprint density at radius 2 is 1.89 bits per heavy atom. The third-order valence-corrected chi connectivity index (χ3v) is 2.09. The van der Waals surface area contributed by atoms with Gasteiger partial charge in [0.15, 0.2) is 5.66 Å². The molecule has 0 aliphatic rings. The van der Waals surface area contributed by atoms with Gasteiger partial charge in [0.25, 0.3) is 0 Å². The van der Waals surface area contributed by atoms with E-state index in [1.165, 1.54) is 0 Å². The van der Waals surface area contributed by atoms with Gasteiger partial charge in [-0.1, -0.05) is 0 Å². The van der Waals surface area contributed by atoms with Gasteiger partial charge in [0.2, 0.25) is 0 Å². The normalized spacial score (nSPS) is 15.0. The van der Waals surface area contributed by atoms with E-state index in [2.05, 4.69) is 0 Å². The van der Waals surface area contributed by atoms with Gasteiger partial charge in [-0.25, -0.2) is 0 Å². The molecule has 54 valence electrons. The van der Waals surface area contributed by atoms with Crippen molar-refractivity contribution in [1.29, 1.82) is 0 Å². The van der Waals surface area contributed by atoms with Crippen LogP contribution < -0.4 is 0 Å². The second-order valence-corrected chi connectivity index (χ2v) is 3.56. The van der Waals surface area contributed by atoms with E-state index in [1.54, 1.807) is 0 Å². The highest BCUT2D eigenvalue weighted by Gasteiger charge is 2.30. The summed E-state index contributed by atoms with van der Waals surface area (Å²) in [6.45, 7) is 0.961. The number of hydrogen-bond donors (Lipinski definition) is 3. The van der Waals surface area contributed by atoms with Gasteiger partial charge in [0.05, 0.1) is 0 Å². The number of rotatable bonds is 2. The fourth-order valence-electron chi connectivity index (χ4n) is 0.144. The Morgan fingerprint density at radius 1 is 1.56 bits per heavy atom. The van der Waals surface area contributed by atoms with E-state index < -0.39 is 19.2 Å². The van der Waals surface area contributed by atoms with Crippen LogP contribution in [0.4, 0.5) is 0 Å². The van der Waals surface area contributed by atoms with Crippen molar-refractivity contribution >= 4 is 13.6 Å². The molecule has 0 spiro atoms. The molecule has 3 N–H and O–H groups in total. The van der Waals surface area contributed by atoms with Crippen molar-refractivity contribution in [2.45, 2.75) is 12.6 Å². The fourth-order valence-corrected chi connectivity index (χ4v) is 0.432. The zero-order valence-electron chi connectivity index (χ0n) is 4.68. The standard InChI is InChI=1S/C3H7O5P/c1-2(3(4)5)9(6,7)8/h2H,1H3,(H,4,5)(H2,6,7,8)/t2-/m1/s1. The summed E-state index contributed by atoms with van der Waals surface area (Å²) in [7, 11) is -4.41. The highest BCUT2D eigenvalue weighted by atomic mass is 31.2. The van der Waals surface area contributed by atoms with Crippen molar-refractivity contribution in [3.8, 4) is 0 Å². The van der Waals surface area contributed by atoms with E-state index in [4.69, 9.17) is 14.9 Å². The number of aliphatic carboxylic acids is 1. The second kappa shape index (κ2) is 2.47. The Bertz CT molecular complexity index is 158. The molecule has 0 aliphatic heterocycles. The Labute approximate surface area is 51.5 Å². The minimum atomic E-state index is -4.41. The topological polar surface area (TPSA) is 94.8 Å². The third-order valence-electron chi connectivity index (χ3n) is 0.862. The molecule has 0 bridgehead atoms. The van der Waals surface area contributed by atoms with Crippen LogP contribution in [0.15, 0.2) is 0 Å². The zero-order chi connectivity index (χ0) is 7.65. The van der Waals surface area contributed by atoms with Gasteiger partial charge in [-0.15, -0.1) is 0 Å². The molecule has 0 fully saturated rings. The molecule has 0 aromatic rings. The lowest BCUT2D eigenvalue weighted by molar-refractivity contribution is -0.136. The third kappa shape index (κ3) is 2.60. The second-order valence-electron chi connectivity index (χ2n) is 1.60. The molecule has 9 heavy (non-hydrogen) atoms. The quantitative estimate of drug-likeness (QED) is 0.472. The van der Waals surface area contributed by atoms with Gasteiger partial charge in [0, 0.05) is 0 Å². The van der Waals surface area contributed by atoms with E-state index in [0.29, 0.717) is 0 Å². The minimum absolute atomic E-state index is 0.961. The first-order chi connectivity index (χ1) is 3.85. The molecule has 6 heteroatoms. The molecule has 0 rings (SSSR count). The Hall–Kier alpha value is -0.380. The maximum Gasteiger partial charge on any atom is 0.339 e. The van der Waals surface area contributed by atoms with Crippen LogP contribution in [0.3, 0.4) is 0 Å².